The van der Waals surface area contributed by atoms with Crippen LogP contribution in [0.15, 0.2) is 136 Å². The van der Waals surface area contributed by atoms with E-state index in [2.05, 4.69) is 5.32 Å². The highest BCUT2D eigenvalue weighted by atomic mass is 32.2. The molecule has 4 aliphatic rings. The zero-order chi connectivity index (χ0) is 36.5. The molecular weight excluding hydrogens is 693 g/mol. The summed E-state index contributed by atoms with van der Waals surface area (Å²) >= 11 is 0. The van der Waals surface area contributed by atoms with Crippen LogP contribution in [0.4, 0.5) is 17.1 Å². The van der Waals surface area contributed by atoms with Crippen molar-refractivity contribution in [1.82, 2.24) is 9.37 Å². The summed E-state index contributed by atoms with van der Waals surface area (Å²) in [4.78, 5) is 46.8. The lowest BCUT2D eigenvalue weighted by molar-refractivity contribution is -0.201. The average molecular weight is 727 g/mol. The number of sulfonamides is 1. The molecule has 8 rings (SSSR count). The number of nitrogens with zero attached hydrogens (tertiary/aromatic N) is 3. The van der Waals surface area contributed by atoms with Gasteiger partial charge in [0, 0.05) is 71.5 Å². The summed E-state index contributed by atoms with van der Waals surface area (Å²) in [6, 6.07) is 37.7. The van der Waals surface area contributed by atoms with Gasteiger partial charge < -0.3 is 14.6 Å². The Morgan fingerprint density at radius 2 is 1.43 bits per heavy atom. The molecule has 0 bridgehead atoms. The highest BCUT2D eigenvalue weighted by Crippen LogP contribution is 2.43. The maximum Gasteiger partial charge on any atom is 0.336 e. The molecule has 1 N–H and O–H groups in total. The summed E-state index contributed by atoms with van der Waals surface area (Å²) in [5.41, 5.74) is 4.94. The van der Waals surface area contributed by atoms with E-state index in [1.54, 1.807) is 18.2 Å². The Kier molecular flexibility index (Phi) is 9.07. The number of benzene rings is 5. The smallest absolute Gasteiger partial charge is 0.336 e. The molecular formula is C41H34N4O7S. The summed E-state index contributed by atoms with van der Waals surface area (Å²) < 4.78 is 36.9. The highest BCUT2D eigenvalue weighted by molar-refractivity contribution is 7.89. The molecule has 2 saturated heterocycles. The fourth-order valence-electron chi connectivity index (χ4n) is 6.85. The van der Waals surface area contributed by atoms with Crippen molar-refractivity contribution in [2.24, 2.45) is 10.9 Å². The molecule has 3 heterocycles. The lowest BCUT2D eigenvalue weighted by Gasteiger charge is -2.31. The first-order chi connectivity index (χ1) is 25.7. The molecule has 0 atom stereocenters. The van der Waals surface area contributed by atoms with E-state index in [1.807, 2.05) is 103 Å². The molecule has 1 aliphatic carbocycles. The molecule has 0 saturated carbocycles. The highest BCUT2D eigenvalue weighted by Gasteiger charge is 2.38. The molecule has 53 heavy (non-hydrogen) atoms. The number of nitrogens with one attached hydrogen (secondary N) is 1. The fraction of sp³-hybridized carbons (Fsp3) is 0.171. The third-order valence-corrected chi connectivity index (χ3v) is 11.5. The first-order valence-electron chi connectivity index (χ1n) is 17.3. The number of fused-ring (bicyclic) bond motifs is 2. The van der Waals surface area contributed by atoms with Gasteiger partial charge >= 0.3 is 5.97 Å². The number of carbonyl (C=O) groups is 3. The lowest BCUT2D eigenvalue weighted by Crippen LogP contribution is -2.42. The van der Waals surface area contributed by atoms with Crippen LogP contribution in [-0.4, -0.2) is 48.7 Å². The zero-order valence-corrected chi connectivity index (χ0v) is 29.3. The molecule has 3 aliphatic heterocycles. The maximum atomic E-state index is 14.5. The van der Waals surface area contributed by atoms with Gasteiger partial charge in [0.1, 0.15) is 11.3 Å². The second kappa shape index (κ2) is 14.1. The summed E-state index contributed by atoms with van der Waals surface area (Å²) in [6.07, 6.45) is 0.352. The lowest BCUT2D eigenvalue weighted by atomic mass is 9.93. The van der Waals surface area contributed by atoms with Gasteiger partial charge in [-0.15, -0.1) is 5.06 Å². The van der Waals surface area contributed by atoms with E-state index in [9.17, 15) is 22.8 Å². The molecule has 0 spiro atoms. The van der Waals surface area contributed by atoms with Crippen LogP contribution in [0.1, 0.15) is 25.7 Å². The SMILES string of the molecule is O=C(ON1C(=O)CCC1=O)C1CCN(S(=O)(=O)c2ccccc2-c2c3ccc(=Nc4ccccc4)cc-3oc3cc(Nc4ccccc4)ccc23)CC1. The van der Waals surface area contributed by atoms with Crippen LogP contribution in [0.3, 0.4) is 0 Å². The second-order valence-electron chi connectivity index (χ2n) is 13.0. The summed E-state index contributed by atoms with van der Waals surface area (Å²) in [5, 5.41) is 5.34. The van der Waals surface area contributed by atoms with Crippen LogP contribution in [-0.2, 0) is 29.2 Å². The van der Waals surface area contributed by atoms with Crippen LogP contribution in [0.25, 0.3) is 33.4 Å². The number of hydrogen-bond donors (Lipinski definition) is 1. The van der Waals surface area contributed by atoms with Crippen molar-refractivity contribution in [3.63, 3.8) is 0 Å². The minimum Gasteiger partial charge on any atom is -0.456 e. The van der Waals surface area contributed by atoms with E-state index >= 15 is 0 Å². The van der Waals surface area contributed by atoms with Gasteiger partial charge in [0.25, 0.3) is 11.8 Å². The number of piperidine rings is 1. The summed E-state index contributed by atoms with van der Waals surface area (Å²) in [5.74, 6) is -1.95. The topological polar surface area (TPSA) is 139 Å². The second-order valence-corrected chi connectivity index (χ2v) is 14.9. The zero-order valence-electron chi connectivity index (χ0n) is 28.5. The number of hydroxylamine groups is 2. The van der Waals surface area contributed by atoms with E-state index in [1.165, 1.54) is 4.31 Å². The van der Waals surface area contributed by atoms with Gasteiger partial charge in [-0.25, -0.2) is 18.2 Å². The molecule has 12 heteroatoms. The van der Waals surface area contributed by atoms with E-state index in [4.69, 9.17) is 14.2 Å². The van der Waals surface area contributed by atoms with E-state index in [-0.39, 0.29) is 43.7 Å². The van der Waals surface area contributed by atoms with Gasteiger partial charge in [-0.05, 0) is 67.4 Å². The predicted octanol–water partition coefficient (Wildman–Crippen LogP) is 7.19. The molecule has 11 nitrogen and oxygen atoms in total. The van der Waals surface area contributed by atoms with Crippen molar-refractivity contribution in [2.75, 3.05) is 18.4 Å². The number of amides is 2. The van der Waals surface area contributed by atoms with Gasteiger partial charge in [0.15, 0.2) is 0 Å². The fourth-order valence-corrected chi connectivity index (χ4v) is 8.52. The predicted molar refractivity (Wildman–Crippen MR) is 198 cm³/mol. The number of hydrogen-bond acceptors (Lipinski definition) is 9. The van der Waals surface area contributed by atoms with E-state index in [0.717, 1.165) is 22.4 Å². The van der Waals surface area contributed by atoms with Gasteiger partial charge in [-0.1, -0.05) is 54.6 Å². The number of imide groups is 1. The number of anilines is 2. The normalized spacial score (nSPS) is 16.1. The Morgan fingerprint density at radius 3 is 2.17 bits per heavy atom. The van der Waals surface area contributed by atoms with Crippen LogP contribution in [0.5, 0.6) is 0 Å². The van der Waals surface area contributed by atoms with Crippen molar-refractivity contribution < 1.29 is 32.1 Å². The molecule has 2 fully saturated rings. The van der Waals surface area contributed by atoms with Gasteiger partial charge in [0.05, 0.1) is 21.9 Å². The monoisotopic (exact) mass is 726 g/mol. The third kappa shape index (κ3) is 6.82. The minimum atomic E-state index is -4.06. The molecule has 4 aromatic carbocycles. The molecule has 0 radical (unpaired) electrons. The Morgan fingerprint density at radius 1 is 0.755 bits per heavy atom. The van der Waals surface area contributed by atoms with Crippen LogP contribution >= 0.6 is 0 Å². The van der Waals surface area contributed by atoms with Gasteiger partial charge in [-0.3, -0.25) is 9.59 Å². The summed E-state index contributed by atoms with van der Waals surface area (Å²) in [7, 11) is -4.06. The first kappa shape index (κ1) is 34.0. The largest absolute Gasteiger partial charge is 0.456 e. The van der Waals surface area contributed by atoms with Crippen LogP contribution in [0, 0.1) is 5.92 Å². The summed E-state index contributed by atoms with van der Waals surface area (Å²) in [6.45, 7) is 0.117. The molecule has 4 aromatic rings. The van der Waals surface area contributed by atoms with Crippen LogP contribution in [0.2, 0.25) is 0 Å². The number of carbonyl (C=O) groups excluding carboxylic acids is 3. The quantitative estimate of drug-likeness (QED) is 0.129. The third-order valence-electron chi connectivity index (χ3n) is 9.53. The number of para-hydroxylation sites is 2. The van der Waals surface area contributed by atoms with Crippen molar-refractivity contribution in [3.8, 4) is 22.5 Å². The first-order valence-corrected chi connectivity index (χ1v) is 18.8. The van der Waals surface area contributed by atoms with Crippen molar-refractivity contribution in [1.29, 1.82) is 0 Å². The molecule has 0 unspecified atom stereocenters. The van der Waals surface area contributed by atoms with Crippen LogP contribution < -0.4 is 10.7 Å². The molecule has 2 amide bonds. The number of rotatable bonds is 8. The Bertz CT molecular complexity index is 2500. The van der Waals surface area contributed by atoms with Gasteiger partial charge in [-0.2, -0.15) is 4.31 Å². The van der Waals surface area contributed by atoms with Crippen molar-refractivity contribution >= 4 is 55.8 Å². The average Bonchev–Trinajstić information content (AvgIpc) is 3.50. The Balaban J connectivity index is 1.17. The van der Waals surface area contributed by atoms with Crippen molar-refractivity contribution in [3.05, 3.63) is 127 Å². The maximum absolute atomic E-state index is 14.5. The Hall–Kier alpha value is -6.11. The Labute approximate surface area is 305 Å². The molecule has 266 valence electrons. The van der Waals surface area contributed by atoms with E-state index < -0.39 is 33.7 Å². The van der Waals surface area contributed by atoms with Crippen molar-refractivity contribution in [2.45, 2.75) is 30.6 Å². The molecule has 0 aromatic heterocycles. The minimum absolute atomic E-state index is 0.00177. The van der Waals surface area contributed by atoms with Gasteiger partial charge in [0.2, 0.25) is 10.0 Å². The van der Waals surface area contributed by atoms with E-state index in [0.29, 0.717) is 38.5 Å². The standard InChI is InChI=1S/C41H34N4O7S/c46-38-19-20-39(47)45(38)52-41(48)27-21-23-44(24-22-27)53(49,50)37-14-8-7-13-34(37)40-32-17-15-30(42-28-9-3-1-4-10-28)25-35(32)51-36-26-31(16-18-33(36)40)43-29-11-5-2-6-12-29/h1-18,25-27,42H,19-24H2.